The maximum absolute atomic E-state index is 9.36. The number of nitrogens with zero attached hydrogens (tertiary/aromatic N) is 1. The molecule has 1 saturated heterocycles. The van der Waals surface area contributed by atoms with Gasteiger partial charge in [0.1, 0.15) is 0 Å². The van der Waals surface area contributed by atoms with E-state index < -0.39 is 0 Å². The van der Waals surface area contributed by atoms with Crippen molar-refractivity contribution in [1.82, 2.24) is 4.90 Å². The zero-order valence-electron chi connectivity index (χ0n) is 7.45. The van der Waals surface area contributed by atoms with Gasteiger partial charge >= 0.3 is 0 Å². The van der Waals surface area contributed by atoms with Gasteiger partial charge in [-0.2, -0.15) is 0 Å². The lowest BCUT2D eigenvalue weighted by atomic mass is 10.1. The Balaban J connectivity index is 1.91. The van der Waals surface area contributed by atoms with Crippen LogP contribution in [0, 0.1) is 0 Å². The molecule has 1 aliphatic heterocycles. The van der Waals surface area contributed by atoms with Gasteiger partial charge in [0.15, 0.2) is 0 Å². The fourth-order valence-corrected chi connectivity index (χ4v) is 2.49. The quantitative estimate of drug-likeness (QED) is 0.579. The largest absolute Gasteiger partial charge is 0.392 e. The highest BCUT2D eigenvalue weighted by atomic mass is 16.3. The fourth-order valence-electron chi connectivity index (χ4n) is 2.49. The predicted octanol–water partition coefficient (Wildman–Crippen LogP) is -0.0672. The molecule has 1 aliphatic carbocycles. The van der Waals surface area contributed by atoms with Crippen molar-refractivity contribution in [3.8, 4) is 0 Å². The standard InChI is InChI=1S/C9H18N2O/c10-8-2-1-3-9(8)11-5-4-7(12)6-11/h7-9,12H,1-6,10H2/t7-,8+,9-/m0/s1. The molecule has 3 heteroatoms. The van der Waals surface area contributed by atoms with E-state index >= 15 is 0 Å². The first-order chi connectivity index (χ1) is 5.77. The average Bonchev–Trinajstić information content (AvgIpc) is 2.58. The first-order valence-electron chi connectivity index (χ1n) is 4.95. The lowest BCUT2D eigenvalue weighted by Crippen LogP contribution is -2.43. The second-order valence-electron chi connectivity index (χ2n) is 4.10. The number of aliphatic hydroxyl groups excluding tert-OH is 1. The SMILES string of the molecule is N[C@@H]1CCC[C@@H]1N1CC[C@H](O)C1. The van der Waals surface area contributed by atoms with Gasteiger partial charge in [-0.05, 0) is 19.3 Å². The third-order valence-electron chi connectivity index (χ3n) is 3.20. The molecule has 0 aromatic rings. The maximum Gasteiger partial charge on any atom is 0.0679 e. The van der Waals surface area contributed by atoms with Crippen LogP contribution in [0.5, 0.6) is 0 Å². The van der Waals surface area contributed by atoms with Gasteiger partial charge in [0.25, 0.3) is 0 Å². The maximum atomic E-state index is 9.36. The molecule has 12 heavy (non-hydrogen) atoms. The summed E-state index contributed by atoms with van der Waals surface area (Å²) in [4.78, 5) is 2.36. The summed E-state index contributed by atoms with van der Waals surface area (Å²) in [6, 6.07) is 0.914. The van der Waals surface area contributed by atoms with Gasteiger partial charge < -0.3 is 10.8 Å². The molecule has 70 valence electrons. The molecule has 2 rings (SSSR count). The highest BCUT2D eigenvalue weighted by molar-refractivity contribution is 4.91. The number of rotatable bonds is 1. The van der Waals surface area contributed by atoms with Crippen LogP contribution in [0.15, 0.2) is 0 Å². The Hall–Kier alpha value is -0.120. The van der Waals surface area contributed by atoms with Crippen LogP contribution in [-0.2, 0) is 0 Å². The summed E-state index contributed by atoms with van der Waals surface area (Å²) in [6.07, 6.45) is 4.49. The molecule has 2 fully saturated rings. The van der Waals surface area contributed by atoms with Crippen LogP contribution in [-0.4, -0.2) is 41.3 Å². The van der Waals surface area contributed by atoms with Gasteiger partial charge in [-0.25, -0.2) is 0 Å². The number of nitrogens with two attached hydrogens (primary N) is 1. The van der Waals surface area contributed by atoms with Crippen molar-refractivity contribution < 1.29 is 5.11 Å². The number of likely N-dealkylation sites (tertiary alicyclic amines) is 1. The molecule has 0 bridgehead atoms. The molecule has 2 aliphatic rings. The van der Waals surface area contributed by atoms with E-state index in [0.29, 0.717) is 12.1 Å². The van der Waals surface area contributed by atoms with E-state index in [1.165, 1.54) is 12.8 Å². The minimum atomic E-state index is -0.0993. The van der Waals surface area contributed by atoms with Crippen LogP contribution in [0.25, 0.3) is 0 Å². The fraction of sp³-hybridized carbons (Fsp3) is 1.00. The van der Waals surface area contributed by atoms with Crippen LogP contribution in [0.1, 0.15) is 25.7 Å². The van der Waals surface area contributed by atoms with Gasteiger partial charge in [-0.15, -0.1) is 0 Å². The molecule has 3 atom stereocenters. The van der Waals surface area contributed by atoms with Crippen molar-refractivity contribution in [2.24, 2.45) is 5.73 Å². The Morgan fingerprint density at radius 3 is 2.58 bits per heavy atom. The van der Waals surface area contributed by atoms with Crippen molar-refractivity contribution in [3.63, 3.8) is 0 Å². The molecule has 1 saturated carbocycles. The lowest BCUT2D eigenvalue weighted by molar-refractivity contribution is 0.155. The molecular formula is C9H18N2O. The molecule has 0 aromatic heterocycles. The number of hydrogen-bond acceptors (Lipinski definition) is 3. The van der Waals surface area contributed by atoms with Crippen molar-refractivity contribution in [3.05, 3.63) is 0 Å². The van der Waals surface area contributed by atoms with Crippen molar-refractivity contribution in [2.45, 2.75) is 43.9 Å². The van der Waals surface area contributed by atoms with Crippen molar-refractivity contribution >= 4 is 0 Å². The molecular weight excluding hydrogens is 152 g/mol. The molecule has 0 radical (unpaired) electrons. The van der Waals surface area contributed by atoms with Crippen molar-refractivity contribution in [2.75, 3.05) is 13.1 Å². The van der Waals surface area contributed by atoms with E-state index in [2.05, 4.69) is 4.90 Å². The van der Waals surface area contributed by atoms with Gasteiger partial charge in [0, 0.05) is 25.2 Å². The predicted molar refractivity (Wildman–Crippen MR) is 47.8 cm³/mol. The van der Waals surface area contributed by atoms with E-state index in [-0.39, 0.29) is 6.10 Å². The summed E-state index contributed by atoms with van der Waals surface area (Å²) in [7, 11) is 0. The third-order valence-corrected chi connectivity index (χ3v) is 3.20. The van der Waals surface area contributed by atoms with E-state index in [1.807, 2.05) is 0 Å². The summed E-state index contributed by atoms with van der Waals surface area (Å²) in [5.74, 6) is 0. The second-order valence-corrected chi connectivity index (χ2v) is 4.10. The van der Waals surface area contributed by atoms with Crippen LogP contribution in [0.2, 0.25) is 0 Å². The van der Waals surface area contributed by atoms with E-state index in [4.69, 9.17) is 5.73 Å². The highest BCUT2D eigenvalue weighted by Crippen LogP contribution is 2.25. The van der Waals surface area contributed by atoms with Gasteiger partial charge in [-0.3, -0.25) is 4.90 Å². The van der Waals surface area contributed by atoms with E-state index in [9.17, 15) is 5.11 Å². The molecule has 0 unspecified atom stereocenters. The van der Waals surface area contributed by atoms with E-state index in [1.54, 1.807) is 0 Å². The summed E-state index contributed by atoms with van der Waals surface area (Å²) in [5.41, 5.74) is 5.98. The van der Waals surface area contributed by atoms with Crippen LogP contribution < -0.4 is 5.73 Å². The zero-order chi connectivity index (χ0) is 8.55. The average molecular weight is 170 g/mol. The zero-order valence-corrected chi connectivity index (χ0v) is 7.45. The lowest BCUT2D eigenvalue weighted by Gasteiger charge is -2.26. The number of β-amino-alcohol motifs (C(OH)–C–C–N with tert-alkyl or cyclic N) is 1. The van der Waals surface area contributed by atoms with Crippen LogP contribution >= 0.6 is 0 Å². The van der Waals surface area contributed by atoms with Crippen molar-refractivity contribution in [1.29, 1.82) is 0 Å². The topological polar surface area (TPSA) is 49.5 Å². The molecule has 0 aromatic carbocycles. The summed E-state index contributed by atoms with van der Waals surface area (Å²) < 4.78 is 0. The monoisotopic (exact) mass is 170 g/mol. The molecule has 3 N–H and O–H groups in total. The minimum Gasteiger partial charge on any atom is -0.392 e. The van der Waals surface area contributed by atoms with Gasteiger partial charge in [-0.1, -0.05) is 6.42 Å². The summed E-state index contributed by atoms with van der Waals surface area (Å²) in [6.45, 7) is 1.89. The molecule has 0 amide bonds. The minimum absolute atomic E-state index is 0.0993. The second kappa shape index (κ2) is 3.32. The smallest absolute Gasteiger partial charge is 0.0679 e. The normalized spacial score (nSPS) is 44.0. The Morgan fingerprint density at radius 2 is 2.08 bits per heavy atom. The first kappa shape index (κ1) is 8.48. The Morgan fingerprint density at radius 1 is 1.25 bits per heavy atom. The van der Waals surface area contributed by atoms with Gasteiger partial charge in [0.2, 0.25) is 0 Å². The molecule has 3 nitrogen and oxygen atoms in total. The third kappa shape index (κ3) is 1.49. The number of aliphatic hydroxyl groups is 1. The summed E-state index contributed by atoms with van der Waals surface area (Å²) in [5, 5.41) is 9.36. The number of hydrogen-bond donors (Lipinski definition) is 2. The van der Waals surface area contributed by atoms with Crippen LogP contribution in [0.3, 0.4) is 0 Å². The highest BCUT2D eigenvalue weighted by Gasteiger charge is 2.33. The Labute approximate surface area is 73.5 Å². The van der Waals surface area contributed by atoms with E-state index in [0.717, 1.165) is 25.9 Å². The molecule has 0 spiro atoms. The Bertz CT molecular complexity index is 163. The Kier molecular flexibility index (Phi) is 2.35. The van der Waals surface area contributed by atoms with Gasteiger partial charge in [0.05, 0.1) is 6.10 Å². The van der Waals surface area contributed by atoms with Crippen LogP contribution in [0.4, 0.5) is 0 Å². The molecule has 1 heterocycles. The first-order valence-corrected chi connectivity index (χ1v) is 4.95. The summed E-state index contributed by atoms with van der Waals surface area (Å²) >= 11 is 0.